The summed E-state index contributed by atoms with van der Waals surface area (Å²) in [6.07, 6.45) is 1.87. The van der Waals surface area contributed by atoms with Gasteiger partial charge in [0.2, 0.25) is 5.91 Å². The van der Waals surface area contributed by atoms with Crippen LogP contribution in [-0.4, -0.2) is 48.6 Å². The second kappa shape index (κ2) is 6.72. The molecule has 114 valence electrons. The van der Waals surface area contributed by atoms with Gasteiger partial charge in [-0.15, -0.1) is 0 Å². The van der Waals surface area contributed by atoms with Crippen molar-refractivity contribution in [2.45, 2.75) is 19.8 Å². The van der Waals surface area contributed by atoms with Crippen LogP contribution in [0.5, 0.6) is 0 Å². The van der Waals surface area contributed by atoms with Crippen molar-refractivity contribution in [2.24, 2.45) is 5.92 Å². The van der Waals surface area contributed by atoms with Gasteiger partial charge < -0.3 is 14.9 Å². The number of anilines is 1. The zero-order chi connectivity index (χ0) is 15.4. The summed E-state index contributed by atoms with van der Waals surface area (Å²) in [5.74, 6) is 0.0240. The summed E-state index contributed by atoms with van der Waals surface area (Å²) in [5, 5.41) is 9.05. The zero-order valence-corrected chi connectivity index (χ0v) is 12.6. The highest BCUT2D eigenvalue weighted by Crippen LogP contribution is 2.33. The first-order valence-corrected chi connectivity index (χ1v) is 7.36. The number of hydrogen-bond donors (Lipinski definition) is 1. The minimum Gasteiger partial charge on any atom is -0.395 e. The lowest BCUT2D eigenvalue weighted by Crippen LogP contribution is -2.35. The molecule has 1 aromatic carbocycles. The fourth-order valence-corrected chi connectivity index (χ4v) is 2.36. The first-order chi connectivity index (χ1) is 10.1. The molecule has 0 heterocycles. The van der Waals surface area contributed by atoms with Crippen LogP contribution < -0.4 is 4.90 Å². The quantitative estimate of drug-likeness (QED) is 0.864. The van der Waals surface area contributed by atoms with Crippen molar-refractivity contribution in [3.05, 3.63) is 29.8 Å². The van der Waals surface area contributed by atoms with Crippen molar-refractivity contribution in [3.8, 4) is 0 Å². The van der Waals surface area contributed by atoms with Crippen LogP contribution in [0.2, 0.25) is 0 Å². The van der Waals surface area contributed by atoms with Gasteiger partial charge in [0.15, 0.2) is 0 Å². The third-order valence-electron chi connectivity index (χ3n) is 3.79. The van der Waals surface area contributed by atoms with E-state index in [1.54, 1.807) is 35.0 Å². The normalized spacial score (nSPS) is 13.9. The van der Waals surface area contributed by atoms with Crippen LogP contribution >= 0.6 is 0 Å². The zero-order valence-electron chi connectivity index (χ0n) is 12.6. The lowest BCUT2D eigenvalue weighted by molar-refractivity contribution is -0.119. The molecule has 0 atom stereocenters. The Kier molecular flexibility index (Phi) is 4.96. The van der Waals surface area contributed by atoms with Gasteiger partial charge in [0.05, 0.1) is 17.9 Å². The largest absolute Gasteiger partial charge is 0.395 e. The van der Waals surface area contributed by atoms with Gasteiger partial charge in [0, 0.05) is 26.1 Å². The molecule has 0 radical (unpaired) electrons. The average Bonchev–Trinajstić information content (AvgIpc) is 3.35. The first-order valence-electron chi connectivity index (χ1n) is 7.36. The van der Waals surface area contributed by atoms with Crippen molar-refractivity contribution in [2.75, 3.05) is 31.6 Å². The molecule has 2 rings (SSSR count). The van der Waals surface area contributed by atoms with E-state index in [4.69, 9.17) is 5.11 Å². The Morgan fingerprint density at radius 1 is 1.29 bits per heavy atom. The Hall–Kier alpha value is -1.88. The van der Waals surface area contributed by atoms with Crippen LogP contribution in [0.1, 0.15) is 30.1 Å². The Balaban J connectivity index is 2.27. The summed E-state index contributed by atoms with van der Waals surface area (Å²) in [4.78, 5) is 27.9. The fraction of sp³-hybridized carbons (Fsp3) is 0.500. The average molecular weight is 290 g/mol. The number of likely N-dealkylation sites (N-methyl/N-ethyl adjacent to an activating group) is 1. The summed E-state index contributed by atoms with van der Waals surface area (Å²) in [7, 11) is 1.72. The standard InChI is InChI=1S/C16H22N2O3/c1-3-18(10-11-19)16(21)13-6-4-5-7-14(13)17(2)15(20)12-8-9-12/h4-7,12,19H,3,8-11H2,1-2H3. The highest BCUT2D eigenvalue weighted by Gasteiger charge is 2.33. The van der Waals surface area contributed by atoms with Gasteiger partial charge in [0.25, 0.3) is 5.91 Å². The number of para-hydroxylation sites is 1. The number of rotatable bonds is 6. The van der Waals surface area contributed by atoms with Crippen LogP contribution in [0.3, 0.4) is 0 Å². The van der Waals surface area contributed by atoms with Crippen LogP contribution in [-0.2, 0) is 4.79 Å². The lowest BCUT2D eigenvalue weighted by atomic mass is 10.1. The van der Waals surface area contributed by atoms with Crippen molar-refractivity contribution >= 4 is 17.5 Å². The molecule has 1 aliphatic carbocycles. The number of nitrogens with zero attached hydrogens (tertiary/aromatic N) is 2. The molecule has 1 aromatic rings. The van der Waals surface area contributed by atoms with Gasteiger partial charge in [-0.2, -0.15) is 0 Å². The predicted octanol–water partition coefficient (Wildman–Crippen LogP) is 1.51. The molecule has 1 fully saturated rings. The molecule has 0 spiro atoms. The van der Waals surface area contributed by atoms with E-state index >= 15 is 0 Å². The number of aliphatic hydroxyl groups excluding tert-OH is 1. The molecule has 5 heteroatoms. The SMILES string of the molecule is CCN(CCO)C(=O)c1ccccc1N(C)C(=O)C1CC1. The third-order valence-corrected chi connectivity index (χ3v) is 3.79. The highest BCUT2D eigenvalue weighted by atomic mass is 16.3. The number of benzene rings is 1. The molecule has 2 amide bonds. The summed E-state index contributed by atoms with van der Waals surface area (Å²) in [6, 6.07) is 7.14. The smallest absolute Gasteiger partial charge is 0.256 e. The first kappa shape index (κ1) is 15.5. The van der Waals surface area contributed by atoms with Gasteiger partial charge in [-0.1, -0.05) is 12.1 Å². The molecule has 0 aliphatic heterocycles. The summed E-state index contributed by atoms with van der Waals surface area (Å²) >= 11 is 0. The van der Waals surface area contributed by atoms with Gasteiger partial charge in [-0.3, -0.25) is 9.59 Å². The minimum atomic E-state index is -0.155. The third kappa shape index (κ3) is 3.42. The topological polar surface area (TPSA) is 60.9 Å². The van der Waals surface area contributed by atoms with E-state index in [9.17, 15) is 9.59 Å². The molecule has 21 heavy (non-hydrogen) atoms. The van der Waals surface area contributed by atoms with Gasteiger partial charge in [-0.25, -0.2) is 0 Å². The molecule has 5 nitrogen and oxygen atoms in total. The summed E-state index contributed by atoms with van der Waals surface area (Å²) in [5.41, 5.74) is 1.14. The molecule has 0 aromatic heterocycles. The van der Waals surface area contributed by atoms with Crippen LogP contribution in [0.25, 0.3) is 0 Å². The van der Waals surface area contributed by atoms with Crippen molar-refractivity contribution in [3.63, 3.8) is 0 Å². The molecule has 0 saturated heterocycles. The molecular weight excluding hydrogens is 268 g/mol. The maximum absolute atomic E-state index is 12.6. The van der Waals surface area contributed by atoms with Crippen molar-refractivity contribution in [1.29, 1.82) is 0 Å². The predicted molar refractivity (Wildman–Crippen MR) is 81.2 cm³/mol. The van der Waals surface area contributed by atoms with Crippen LogP contribution in [0.15, 0.2) is 24.3 Å². The number of amides is 2. The van der Waals surface area contributed by atoms with E-state index in [2.05, 4.69) is 0 Å². The summed E-state index contributed by atoms with van der Waals surface area (Å²) in [6.45, 7) is 2.62. The van der Waals surface area contributed by atoms with Gasteiger partial charge in [0.1, 0.15) is 0 Å². The monoisotopic (exact) mass is 290 g/mol. The second-order valence-electron chi connectivity index (χ2n) is 5.30. The van der Waals surface area contributed by atoms with E-state index in [0.29, 0.717) is 24.3 Å². The van der Waals surface area contributed by atoms with E-state index in [-0.39, 0.29) is 24.3 Å². The highest BCUT2D eigenvalue weighted by molar-refractivity contribution is 6.05. The maximum atomic E-state index is 12.6. The van der Waals surface area contributed by atoms with E-state index in [1.807, 2.05) is 13.0 Å². The molecular formula is C16H22N2O3. The van der Waals surface area contributed by atoms with Crippen LogP contribution in [0, 0.1) is 5.92 Å². The van der Waals surface area contributed by atoms with E-state index in [0.717, 1.165) is 12.8 Å². The number of carbonyl (C=O) groups is 2. The van der Waals surface area contributed by atoms with Crippen molar-refractivity contribution < 1.29 is 14.7 Å². The summed E-state index contributed by atoms with van der Waals surface area (Å²) < 4.78 is 0. The molecule has 1 saturated carbocycles. The van der Waals surface area contributed by atoms with Gasteiger partial charge in [-0.05, 0) is 31.9 Å². The second-order valence-corrected chi connectivity index (χ2v) is 5.30. The Bertz CT molecular complexity index is 526. The number of aliphatic hydroxyl groups is 1. The minimum absolute atomic E-state index is 0.0699. The molecule has 0 bridgehead atoms. The van der Waals surface area contributed by atoms with Crippen molar-refractivity contribution in [1.82, 2.24) is 4.90 Å². The Morgan fingerprint density at radius 3 is 2.52 bits per heavy atom. The Morgan fingerprint density at radius 2 is 1.95 bits per heavy atom. The lowest BCUT2D eigenvalue weighted by Gasteiger charge is -2.24. The maximum Gasteiger partial charge on any atom is 0.256 e. The van der Waals surface area contributed by atoms with E-state index < -0.39 is 0 Å². The molecule has 0 unspecified atom stereocenters. The Labute approximate surface area is 125 Å². The van der Waals surface area contributed by atoms with Crippen LogP contribution in [0.4, 0.5) is 5.69 Å². The fourth-order valence-electron chi connectivity index (χ4n) is 2.36. The van der Waals surface area contributed by atoms with Gasteiger partial charge >= 0.3 is 0 Å². The number of hydrogen-bond acceptors (Lipinski definition) is 3. The molecule has 1 N–H and O–H groups in total. The van der Waals surface area contributed by atoms with E-state index in [1.165, 1.54) is 0 Å². The number of carbonyl (C=O) groups excluding carboxylic acids is 2. The molecule has 1 aliphatic rings.